The Kier molecular flexibility index (Phi) is 1.72. The first kappa shape index (κ1) is 8.17. The number of esters is 1. The molecule has 0 aromatic carbocycles. The van der Waals surface area contributed by atoms with E-state index in [-0.39, 0.29) is 16.6 Å². The molecule has 1 aliphatic carbocycles. The van der Waals surface area contributed by atoms with E-state index in [0.717, 1.165) is 0 Å². The third-order valence-electron chi connectivity index (χ3n) is 2.68. The molecule has 0 bridgehead atoms. The summed E-state index contributed by atoms with van der Waals surface area (Å²) in [6.45, 7) is 4.47. The molecule has 0 aromatic rings. The first-order chi connectivity index (χ1) is 5.70. The van der Waals surface area contributed by atoms with Gasteiger partial charge in [-0.15, -0.1) is 11.8 Å². The number of rotatable bonds is 2. The Balaban J connectivity index is 2.02. The first-order valence-electron chi connectivity index (χ1n) is 4.21. The third kappa shape index (κ3) is 0.922. The third-order valence-corrected chi connectivity index (χ3v) is 4.00. The monoisotopic (exact) mass is 184 g/mol. The molecule has 0 amide bonds. The maximum Gasteiger partial charge on any atom is 0.311 e. The summed E-state index contributed by atoms with van der Waals surface area (Å²) < 4.78 is 5.11. The first-order valence-corrected chi connectivity index (χ1v) is 5.09. The fourth-order valence-electron chi connectivity index (χ4n) is 1.86. The van der Waals surface area contributed by atoms with Gasteiger partial charge >= 0.3 is 5.97 Å². The summed E-state index contributed by atoms with van der Waals surface area (Å²) in [5.74, 6) is 0.524. The van der Waals surface area contributed by atoms with Crippen LogP contribution in [0.15, 0.2) is 11.5 Å². The lowest BCUT2D eigenvalue weighted by Crippen LogP contribution is -2.12. The molecule has 1 saturated carbocycles. The highest BCUT2D eigenvalue weighted by Gasteiger charge is 2.66. The molecule has 3 atom stereocenters. The SMILES string of the molecule is CCOC(=O)[C@@H]1[C@H]2C=CS[C@]21C. The fourth-order valence-corrected chi connectivity index (χ4v) is 3.09. The molecule has 1 fully saturated rings. The smallest absolute Gasteiger partial charge is 0.311 e. The van der Waals surface area contributed by atoms with Crippen molar-refractivity contribution in [3.05, 3.63) is 11.5 Å². The second-order valence-corrected chi connectivity index (χ2v) is 4.77. The molecule has 2 nitrogen and oxygen atoms in total. The number of thioether (sulfide) groups is 1. The second kappa shape index (κ2) is 2.52. The number of hydrogen-bond donors (Lipinski definition) is 0. The molecular formula is C9H12O2S. The van der Waals surface area contributed by atoms with Crippen molar-refractivity contribution in [2.24, 2.45) is 11.8 Å². The lowest BCUT2D eigenvalue weighted by molar-refractivity contribution is -0.145. The standard InChI is InChI=1S/C9H12O2S/c1-3-11-8(10)7-6-4-5-12-9(6,7)2/h4-7H,3H2,1-2H3/t6-,7+,9-/m1/s1. The van der Waals surface area contributed by atoms with Crippen molar-refractivity contribution in [3.63, 3.8) is 0 Å². The van der Waals surface area contributed by atoms with Crippen molar-refractivity contribution < 1.29 is 9.53 Å². The quantitative estimate of drug-likeness (QED) is 0.612. The zero-order valence-corrected chi connectivity index (χ0v) is 8.06. The van der Waals surface area contributed by atoms with Gasteiger partial charge in [0, 0.05) is 10.7 Å². The van der Waals surface area contributed by atoms with Crippen LogP contribution in [0, 0.1) is 11.8 Å². The average Bonchev–Trinajstić information content (AvgIpc) is 2.40. The van der Waals surface area contributed by atoms with E-state index >= 15 is 0 Å². The Morgan fingerprint density at radius 2 is 2.50 bits per heavy atom. The van der Waals surface area contributed by atoms with Gasteiger partial charge in [0.25, 0.3) is 0 Å². The van der Waals surface area contributed by atoms with Gasteiger partial charge in [0.15, 0.2) is 0 Å². The van der Waals surface area contributed by atoms with Crippen LogP contribution in [0.1, 0.15) is 13.8 Å². The lowest BCUT2D eigenvalue weighted by Gasteiger charge is -2.05. The van der Waals surface area contributed by atoms with Crippen molar-refractivity contribution in [2.45, 2.75) is 18.6 Å². The van der Waals surface area contributed by atoms with Crippen molar-refractivity contribution in [1.82, 2.24) is 0 Å². The highest BCUT2D eigenvalue weighted by molar-refractivity contribution is 8.04. The van der Waals surface area contributed by atoms with Crippen LogP contribution in [-0.4, -0.2) is 17.3 Å². The van der Waals surface area contributed by atoms with Crippen LogP contribution in [-0.2, 0) is 9.53 Å². The Labute approximate surface area is 76.4 Å². The number of fused-ring (bicyclic) bond motifs is 1. The summed E-state index contributed by atoms with van der Waals surface area (Å²) in [6.07, 6.45) is 2.12. The van der Waals surface area contributed by atoms with Crippen LogP contribution in [0.4, 0.5) is 0 Å². The average molecular weight is 184 g/mol. The van der Waals surface area contributed by atoms with Crippen molar-refractivity contribution in [2.75, 3.05) is 6.61 Å². The molecule has 0 aromatic heterocycles. The fraction of sp³-hybridized carbons (Fsp3) is 0.667. The number of allylic oxidation sites excluding steroid dienone is 1. The van der Waals surface area contributed by atoms with E-state index < -0.39 is 0 Å². The number of ether oxygens (including phenoxy) is 1. The zero-order valence-electron chi connectivity index (χ0n) is 7.24. The maximum atomic E-state index is 11.4. The van der Waals surface area contributed by atoms with Gasteiger partial charge in [0.05, 0.1) is 12.5 Å². The minimum absolute atomic E-state index is 0.0261. The van der Waals surface area contributed by atoms with E-state index in [1.165, 1.54) is 0 Å². The molecule has 0 spiro atoms. The van der Waals surface area contributed by atoms with E-state index in [1.54, 1.807) is 11.8 Å². The topological polar surface area (TPSA) is 26.3 Å². The van der Waals surface area contributed by atoms with Crippen molar-refractivity contribution >= 4 is 17.7 Å². The second-order valence-electron chi connectivity index (χ2n) is 3.39. The Bertz CT molecular complexity index is 249. The van der Waals surface area contributed by atoms with Crippen LogP contribution >= 0.6 is 11.8 Å². The van der Waals surface area contributed by atoms with Gasteiger partial charge in [0.1, 0.15) is 0 Å². The van der Waals surface area contributed by atoms with Crippen LogP contribution < -0.4 is 0 Å². The molecule has 0 N–H and O–H groups in total. The van der Waals surface area contributed by atoms with E-state index in [2.05, 4.69) is 18.4 Å². The van der Waals surface area contributed by atoms with Crippen LogP contribution in [0.3, 0.4) is 0 Å². The zero-order chi connectivity index (χ0) is 8.77. The lowest BCUT2D eigenvalue weighted by atomic mass is 10.3. The Morgan fingerprint density at radius 1 is 1.75 bits per heavy atom. The molecule has 3 heteroatoms. The van der Waals surface area contributed by atoms with E-state index in [0.29, 0.717) is 12.5 Å². The van der Waals surface area contributed by atoms with E-state index in [1.807, 2.05) is 6.92 Å². The van der Waals surface area contributed by atoms with Crippen LogP contribution in [0.25, 0.3) is 0 Å². The van der Waals surface area contributed by atoms with Gasteiger partial charge < -0.3 is 4.74 Å². The summed E-state index contributed by atoms with van der Waals surface area (Å²) in [5.41, 5.74) is 0. The molecular weight excluding hydrogens is 172 g/mol. The maximum absolute atomic E-state index is 11.4. The van der Waals surface area contributed by atoms with Gasteiger partial charge in [-0.05, 0) is 19.3 Å². The number of hydrogen-bond acceptors (Lipinski definition) is 3. The Morgan fingerprint density at radius 3 is 3.00 bits per heavy atom. The predicted octanol–water partition coefficient (Wildman–Crippen LogP) is 1.81. The van der Waals surface area contributed by atoms with E-state index in [9.17, 15) is 4.79 Å². The summed E-state index contributed by atoms with van der Waals surface area (Å²) in [5, 5.41) is 2.08. The van der Waals surface area contributed by atoms with Gasteiger partial charge in [-0.2, -0.15) is 0 Å². The highest BCUT2D eigenvalue weighted by atomic mass is 32.2. The summed E-state index contributed by atoms with van der Waals surface area (Å²) in [4.78, 5) is 11.4. The molecule has 1 aliphatic heterocycles. The molecule has 66 valence electrons. The molecule has 2 aliphatic rings. The van der Waals surface area contributed by atoms with Crippen molar-refractivity contribution in [1.29, 1.82) is 0 Å². The summed E-state index contributed by atoms with van der Waals surface area (Å²) in [6, 6.07) is 0. The summed E-state index contributed by atoms with van der Waals surface area (Å²) in [7, 11) is 0. The number of carbonyl (C=O) groups excluding carboxylic acids is 1. The van der Waals surface area contributed by atoms with Gasteiger partial charge in [-0.25, -0.2) is 0 Å². The van der Waals surface area contributed by atoms with Gasteiger partial charge in [0.2, 0.25) is 0 Å². The molecule has 1 heterocycles. The molecule has 0 saturated heterocycles. The van der Waals surface area contributed by atoms with Crippen LogP contribution in [0.5, 0.6) is 0 Å². The molecule has 0 unspecified atom stereocenters. The normalized spacial score (nSPS) is 42.5. The summed E-state index contributed by atoms with van der Waals surface area (Å²) >= 11 is 1.75. The van der Waals surface area contributed by atoms with E-state index in [4.69, 9.17) is 4.74 Å². The minimum atomic E-state index is -0.0261. The van der Waals surface area contributed by atoms with Gasteiger partial charge in [-0.3, -0.25) is 4.79 Å². The molecule has 0 radical (unpaired) electrons. The molecule has 2 rings (SSSR count). The molecule has 12 heavy (non-hydrogen) atoms. The van der Waals surface area contributed by atoms with Crippen LogP contribution in [0.2, 0.25) is 0 Å². The number of carbonyl (C=O) groups is 1. The highest BCUT2D eigenvalue weighted by Crippen LogP contribution is 2.65. The largest absolute Gasteiger partial charge is 0.466 e. The van der Waals surface area contributed by atoms with Gasteiger partial charge in [-0.1, -0.05) is 6.08 Å². The minimum Gasteiger partial charge on any atom is -0.466 e. The predicted molar refractivity (Wildman–Crippen MR) is 48.7 cm³/mol. The Hall–Kier alpha value is -0.440. The van der Waals surface area contributed by atoms with Crippen molar-refractivity contribution in [3.8, 4) is 0 Å².